The molecule has 2 unspecified atom stereocenters. The molecular formula is C12H17ClN2OS. The maximum Gasteiger partial charge on any atom is 0.265 e. The van der Waals surface area contributed by atoms with Crippen LogP contribution in [0.4, 0.5) is 0 Å². The molecule has 0 bridgehead atoms. The molecule has 2 atom stereocenters. The van der Waals surface area contributed by atoms with Gasteiger partial charge in [-0.2, -0.15) is 0 Å². The van der Waals surface area contributed by atoms with Gasteiger partial charge in [0.2, 0.25) is 0 Å². The second-order valence-electron chi connectivity index (χ2n) is 4.62. The normalized spacial score (nSPS) is 25.0. The van der Waals surface area contributed by atoms with Crippen LogP contribution in [0.5, 0.6) is 0 Å². The summed E-state index contributed by atoms with van der Waals surface area (Å²) < 4.78 is 0. The van der Waals surface area contributed by atoms with Crippen molar-refractivity contribution >= 4 is 28.8 Å². The van der Waals surface area contributed by atoms with Crippen molar-refractivity contribution in [3.8, 4) is 0 Å². The fourth-order valence-electron chi connectivity index (χ4n) is 2.32. The van der Waals surface area contributed by atoms with Crippen molar-refractivity contribution in [2.24, 2.45) is 11.7 Å². The molecule has 0 saturated carbocycles. The first-order chi connectivity index (χ1) is 8.13. The molecular weight excluding hydrogens is 256 g/mol. The van der Waals surface area contributed by atoms with Crippen LogP contribution in [0, 0.1) is 5.92 Å². The summed E-state index contributed by atoms with van der Waals surface area (Å²) in [6.07, 6.45) is 2.04. The van der Waals surface area contributed by atoms with Crippen molar-refractivity contribution in [3.63, 3.8) is 0 Å². The molecule has 1 amide bonds. The summed E-state index contributed by atoms with van der Waals surface area (Å²) in [6, 6.07) is 1.92. The SMILES string of the molecule is CC1CCN(C(=O)c2sccc2Cl)C(CN)C1. The molecule has 2 rings (SSSR count). The summed E-state index contributed by atoms with van der Waals surface area (Å²) in [7, 11) is 0. The van der Waals surface area contributed by atoms with E-state index < -0.39 is 0 Å². The summed E-state index contributed by atoms with van der Waals surface area (Å²) in [4.78, 5) is 14.9. The number of amides is 1. The lowest BCUT2D eigenvalue weighted by Crippen LogP contribution is -2.49. The first-order valence-corrected chi connectivity index (χ1v) is 7.13. The fourth-order valence-corrected chi connectivity index (χ4v) is 3.41. The van der Waals surface area contributed by atoms with E-state index in [1.54, 1.807) is 6.07 Å². The summed E-state index contributed by atoms with van der Waals surface area (Å²) >= 11 is 7.41. The van der Waals surface area contributed by atoms with E-state index in [9.17, 15) is 4.79 Å². The zero-order chi connectivity index (χ0) is 12.4. The Bertz CT molecular complexity index is 407. The first-order valence-electron chi connectivity index (χ1n) is 5.87. The van der Waals surface area contributed by atoms with Crippen LogP contribution in [0.25, 0.3) is 0 Å². The van der Waals surface area contributed by atoms with Crippen LogP contribution in [0.3, 0.4) is 0 Å². The van der Waals surface area contributed by atoms with Crippen molar-refractivity contribution in [2.75, 3.05) is 13.1 Å². The molecule has 17 heavy (non-hydrogen) atoms. The lowest BCUT2D eigenvalue weighted by atomic mass is 9.92. The third-order valence-electron chi connectivity index (χ3n) is 3.32. The average molecular weight is 273 g/mol. The zero-order valence-electron chi connectivity index (χ0n) is 9.86. The first kappa shape index (κ1) is 12.9. The number of hydrogen-bond donors (Lipinski definition) is 1. The van der Waals surface area contributed by atoms with Gasteiger partial charge < -0.3 is 10.6 Å². The highest BCUT2D eigenvalue weighted by atomic mass is 35.5. The van der Waals surface area contributed by atoms with Crippen molar-refractivity contribution < 1.29 is 4.79 Å². The van der Waals surface area contributed by atoms with E-state index in [0.29, 0.717) is 22.4 Å². The van der Waals surface area contributed by atoms with Gasteiger partial charge in [0.05, 0.1) is 5.02 Å². The van der Waals surface area contributed by atoms with Crippen molar-refractivity contribution in [1.29, 1.82) is 0 Å². The van der Waals surface area contributed by atoms with E-state index in [0.717, 1.165) is 19.4 Å². The molecule has 0 aliphatic carbocycles. The maximum absolute atomic E-state index is 12.4. The Hall–Kier alpha value is -0.580. The van der Waals surface area contributed by atoms with Gasteiger partial charge in [0.15, 0.2) is 0 Å². The minimum Gasteiger partial charge on any atom is -0.334 e. The average Bonchev–Trinajstić information content (AvgIpc) is 2.74. The molecule has 2 N–H and O–H groups in total. The number of thiophene rings is 1. The summed E-state index contributed by atoms with van der Waals surface area (Å²) in [6.45, 7) is 3.53. The molecule has 0 aromatic carbocycles. The summed E-state index contributed by atoms with van der Waals surface area (Å²) in [5.41, 5.74) is 5.76. The van der Waals surface area contributed by atoms with Crippen molar-refractivity contribution in [3.05, 3.63) is 21.3 Å². The minimum atomic E-state index is 0.0346. The van der Waals surface area contributed by atoms with Gasteiger partial charge in [-0.25, -0.2) is 0 Å². The van der Waals surface area contributed by atoms with Crippen LogP contribution in [-0.4, -0.2) is 29.9 Å². The second-order valence-corrected chi connectivity index (χ2v) is 5.94. The van der Waals surface area contributed by atoms with Gasteiger partial charge in [0, 0.05) is 19.1 Å². The molecule has 1 aliphatic heterocycles. The van der Waals surface area contributed by atoms with E-state index in [2.05, 4.69) is 6.92 Å². The van der Waals surface area contributed by atoms with E-state index >= 15 is 0 Å². The number of nitrogens with zero attached hydrogens (tertiary/aromatic N) is 1. The Balaban J connectivity index is 2.16. The van der Waals surface area contributed by atoms with Crippen LogP contribution in [0.2, 0.25) is 5.02 Å². The van der Waals surface area contributed by atoms with Crippen LogP contribution < -0.4 is 5.73 Å². The maximum atomic E-state index is 12.4. The summed E-state index contributed by atoms with van der Waals surface area (Å²) in [5.74, 6) is 0.679. The topological polar surface area (TPSA) is 46.3 Å². The van der Waals surface area contributed by atoms with Gasteiger partial charge in [-0.3, -0.25) is 4.79 Å². The van der Waals surface area contributed by atoms with Crippen LogP contribution >= 0.6 is 22.9 Å². The number of carbonyl (C=O) groups excluding carboxylic acids is 1. The quantitative estimate of drug-likeness (QED) is 0.900. The Morgan fingerprint density at radius 3 is 3.06 bits per heavy atom. The van der Waals surface area contributed by atoms with Gasteiger partial charge in [-0.15, -0.1) is 11.3 Å². The van der Waals surface area contributed by atoms with E-state index in [1.165, 1.54) is 11.3 Å². The molecule has 1 saturated heterocycles. The fraction of sp³-hybridized carbons (Fsp3) is 0.583. The molecule has 2 heterocycles. The van der Waals surface area contributed by atoms with Gasteiger partial charge >= 0.3 is 0 Å². The smallest absolute Gasteiger partial charge is 0.265 e. The Morgan fingerprint density at radius 2 is 2.47 bits per heavy atom. The second kappa shape index (κ2) is 5.38. The molecule has 1 aliphatic rings. The van der Waals surface area contributed by atoms with Crippen molar-refractivity contribution in [2.45, 2.75) is 25.8 Å². The zero-order valence-corrected chi connectivity index (χ0v) is 11.4. The number of rotatable bonds is 2. The van der Waals surface area contributed by atoms with Gasteiger partial charge in [0.25, 0.3) is 5.91 Å². The number of likely N-dealkylation sites (tertiary alicyclic amines) is 1. The third kappa shape index (κ3) is 2.64. The van der Waals surface area contributed by atoms with Crippen LogP contribution in [0.15, 0.2) is 11.4 Å². The highest BCUT2D eigenvalue weighted by Crippen LogP contribution is 2.28. The van der Waals surface area contributed by atoms with Gasteiger partial charge in [-0.05, 0) is 30.2 Å². The Morgan fingerprint density at radius 1 is 1.71 bits per heavy atom. The molecule has 94 valence electrons. The lowest BCUT2D eigenvalue weighted by molar-refractivity contribution is 0.0579. The molecule has 0 spiro atoms. The number of carbonyl (C=O) groups is 1. The number of hydrogen-bond acceptors (Lipinski definition) is 3. The number of halogens is 1. The van der Waals surface area contributed by atoms with Crippen molar-refractivity contribution in [1.82, 2.24) is 4.90 Å². The molecule has 1 aromatic rings. The van der Waals surface area contributed by atoms with E-state index in [-0.39, 0.29) is 11.9 Å². The Labute approximate surface area is 111 Å². The predicted molar refractivity (Wildman–Crippen MR) is 71.6 cm³/mol. The molecule has 3 nitrogen and oxygen atoms in total. The van der Waals surface area contributed by atoms with Crippen LogP contribution in [-0.2, 0) is 0 Å². The lowest BCUT2D eigenvalue weighted by Gasteiger charge is -2.37. The Kier molecular flexibility index (Phi) is 4.07. The summed E-state index contributed by atoms with van der Waals surface area (Å²) in [5, 5.41) is 2.40. The van der Waals surface area contributed by atoms with E-state index in [1.807, 2.05) is 10.3 Å². The molecule has 5 heteroatoms. The number of nitrogens with two attached hydrogens (primary N) is 1. The van der Waals surface area contributed by atoms with Gasteiger partial charge in [-0.1, -0.05) is 18.5 Å². The third-order valence-corrected chi connectivity index (χ3v) is 4.65. The molecule has 1 aromatic heterocycles. The minimum absolute atomic E-state index is 0.0346. The predicted octanol–water partition coefficient (Wildman–Crippen LogP) is 2.60. The van der Waals surface area contributed by atoms with Gasteiger partial charge in [0.1, 0.15) is 4.88 Å². The number of piperidine rings is 1. The largest absolute Gasteiger partial charge is 0.334 e. The molecule has 1 fully saturated rings. The van der Waals surface area contributed by atoms with E-state index in [4.69, 9.17) is 17.3 Å². The highest BCUT2D eigenvalue weighted by Gasteiger charge is 2.30. The highest BCUT2D eigenvalue weighted by molar-refractivity contribution is 7.12. The monoisotopic (exact) mass is 272 g/mol. The van der Waals surface area contributed by atoms with Crippen LogP contribution in [0.1, 0.15) is 29.4 Å². The molecule has 0 radical (unpaired) electrons. The standard InChI is InChI=1S/C12H17ClN2OS/c1-8-2-4-15(9(6-8)7-14)12(16)11-10(13)3-5-17-11/h3,5,8-9H,2,4,6-7,14H2,1H3.